The fraction of sp³-hybridized carbons (Fsp3) is 0.500. The molecule has 16 heavy (non-hydrogen) atoms. The summed E-state index contributed by atoms with van der Waals surface area (Å²) in [5.41, 5.74) is -0.0893. The Bertz CT molecular complexity index is 501. The molecule has 1 aliphatic heterocycles. The highest BCUT2D eigenvalue weighted by molar-refractivity contribution is 6.08. The van der Waals surface area contributed by atoms with E-state index in [0.29, 0.717) is 25.0 Å². The van der Waals surface area contributed by atoms with E-state index in [1.165, 1.54) is 6.08 Å². The van der Waals surface area contributed by atoms with E-state index in [-0.39, 0.29) is 18.4 Å². The van der Waals surface area contributed by atoms with Crippen molar-refractivity contribution in [2.75, 3.05) is 6.79 Å². The number of carbonyl (C=O) groups is 2. The van der Waals surface area contributed by atoms with Gasteiger partial charge in [-0.2, -0.15) is 0 Å². The van der Waals surface area contributed by atoms with Crippen LogP contribution in [-0.2, 0) is 19.1 Å². The van der Waals surface area contributed by atoms with Crippen LogP contribution in [0.2, 0.25) is 0 Å². The minimum Gasteiger partial charge on any atom is -0.469 e. The topological polar surface area (TPSA) is 52.6 Å². The third kappa shape index (κ3) is 0.745. The Kier molecular flexibility index (Phi) is 1.25. The fourth-order valence-corrected chi connectivity index (χ4v) is 3.50. The van der Waals surface area contributed by atoms with Crippen molar-refractivity contribution in [2.45, 2.75) is 24.9 Å². The van der Waals surface area contributed by atoms with Crippen LogP contribution in [0.25, 0.3) is 0 Å². The average molecular weight is 218 g/mol. The highest BCUT2D eigenvalue weighted by atomic mass is 16.7. The van der Waals surface area contributed by atoms with E-state index in [1.807, 2.05) is 0 Å². The summed E-state index contributed by atoms with van der Waals surface area (Å²) in [6.45, 7) is 0.219. The molecule has 3 aliphatic carbocycles. The quantitative estimate of drug-likeness (QED) is 0.605. The summed E-state index contributed by atoms with van der Waals surface area (Å²) in [6, 6.07) is 0. The minimum atomic E-state index is -0.589. The largest absolute Gasteiger partial charge is 0.469 e. The van der Waals surface area contributed by atoms with E-state index < -0.39 is 11.0 Å². The number of hydrogen-bond donors (Lipinski definition) is 0. The zero-order chi connectivity index (χ0) is 11.0. The van der Waals surface area contributed by atoms with Crippen LogP contribution in [0.3, 0.4) is 0 Å². The van der Waals surface area contributed by atoms with Crippen LogP contribution in [0, 0.1) is 5.41 Å². The van der Waals surface area contributed by atoms with Crippen molar-refractivity contribution in [3.05, 3.63) is 23.5 Å². The van der Waals surface area contributed by atoms with Crippen molar-refractivity contribution in [3.63, 3.8) is 0 Å². The first-order chi connectivity index (χ1) is 7.65. The van der Waals surface area contributed by atoms with Gasteiger partial charge in [-0.15, -0.1) is 0 Å². The number of ether oxygens (including phenoxy) is 2. The molecule has 0 amide bonds. The second kappa shape index (κ2) is 2.30. The molecule has 4 nitrogen and oxygen atoms in total. The molecule has 4 rings (SSSR count). The lowest BCUT2D eigenvalue weighted by molar-refractivity contribution is -0.127. The summed E-state index contributed by atoms with van der Waals surface area (Å²) in [4.78, 5) is 23.6. The van der Waals surface area contributed by atoms with Crippen LogP contribution in [0.4, 0.5) is 0 Å². The van der Waals surface area contributed by atoms with Gasteiger partial charge >= 0.3 is 0 Å². The van der Waals surface area contributed by atoms with Crippen molar-refractivity contribution < 1.29 is 19.1 Å². The molecule has 1 saturated heterocycles. The normalized spacial score (nSPS) is 43.8. The van der Waals surface area contributed by atoms with Crippen LogP contribution < -0.4 is 0 Å². The number of allylic oxidation sites excluding steroid dienone is 2. The lowest BCUT2D eigenvalue weighted by atomic mass is 9.74. The smallest absolute Gasteiger partial charge is 0.189 e. The Hall–Kier alpha value is -1.42. The second-order valence-corrected chi connectivity index (χ2v) is 5.02. The molecule has 0 radical (unpaired) electrons. The molecule has 2 fully saturated rings. The van der Waals surface area contributed by atoms with Gasteiger partial charge in [0.15, 0.2) is 18.4 Å². The van der Waals surface area contributed by atoms with Gasteiger partial charge in [0.1, 0.15) is 11.4 Å². The molecule has 2 bridgehead atoms. The maximum absolute atomic E-state index is 12.1. The zero-order valence-electron chi connectivity index (χ0n) is 8.62. The molecule has 0 N–H and O–H groups in total. The molecule has 82 valence electrons. The van der Waals surface area contributed by atoms with Crippen molar-refractivity contribution in [2.24, 2.45) is 5.41 Å². The molecule has 2 spiro atoms. The van der Waals surface area contributed by atoms with Gasteiger partial charge in [0, 0.05) is 25.3 Å². The minimum absolute atomic E-state index is 0.0122. The van der Waals surface area contributed by atoms with E-state index in [1.54, 1.807) is 6.08 Å². The van der Waals surface area contributed by atoms with Gasteiger partial charge in [-0.05, 0) is 11.6 Å². The van der Waals surface area contributed by atoms with Crippen LogP contribution in [0.5, 0.6) is 0 Å². The molecule has 0 aromatic heterocycles. The molecular weight excluding hydrogens is 208 g/mol. The van der Waals surface area contributed by atoms with Gasteiger partial charge in [0.25, 0.3) is 0 Å². The Labute approximate surface area is 91.9 Å². The number of hydrogen-bond acceptors (Lipinski definition) is 4. The molecular formula is C12H10O4. The number of ketones is 2. The summed E-state index contributed by atoms with van der Waals surface area (Å²) >= 11 is 0. The monoisotopic (exact) mass is 218 g/mol. The van der Waals surface area contributed by atoms with E-state index in [2.05, 4.69) is 0 Å². The first kappa shape index (κ1) is 8.70. The van der Waals surface area contributed by atoms with Gasteiger partial charge in [-0.1, -0.05) is 0 Å². The van der Waals surface area contributed by atoms with Crippen LogP contribution >= 0.6 is 0 Å². The number of rotatable bonds is 0. The van der Waals surface area contributed by atoms with Gasteiger partial charge < -0.3 is 9.47 Å². The maximum Gasteiger partial charge on any atom is 0.189 e. The fourth-order valence-electron chi connectivity index (χ4n) is 3.50. The highest BCUT2D eigenvalue weighted by Crippen LogP contribution is 2.62. The van der Waals surface area contributed by atoms with Crippen molar-refractivity contribution >= 4 is 11.6 Å². The SMILES string of the molecule is O=C1C=C2C[C@]34C[C@@]2(C1)C(=O)C=C3OCO4. The summed E-state index contributed by atoms with van der Waals surface area (Å²) in [7, 11) is 0. The van der Waals surface area contributed by atoms with Crippen molar-refractivity contribution in [1.29, 1.82) is 0 Å². The van der Waals surface area contributed by atoms with E-state index >= 15 is 0 Å². The summed E-state index contributed by atoms with van der Waals surface area (Å²) in [6.07, 6.45) is 4.70. The molecule has 4 heteroatoms. The molecule has 4 aliphatic rings. The summed E-state index contributed by atoms with van der Waals surface area (Å²) in [5.74, 6) is 0.734. The predicted molar refractivity (Wildman–Crippen MR) is 52.2 cm³/mol. The Balaban J connectivity index is 1.95. The third-order valence-electron chi connectivity index (χ3n) is 4.22. The second-order valence-electron chi connectivity index (χ2n) is 5.02. The molecule has 0 aromatic rings. The average Bonchev–Trinajstić information content (AvgIpc) is 2.79. The van der Waals surface area contributed by atoms with Crippen molar-refractivity contribution in [1.82, 2.24) is 0 Å². The maximum atomic E-state index is 12.1. The van der Waals surface area contributed by atoms with Gasteiger partial charge in [-0.3, -0.25) is 9.59 Å². The molecule has 1 saturated carbocycles. The predicted octanol–water partition coefficient (Wildman–Crippen LogP) is 0.875. The first-order valence-corrected chi connectivity index (χ1v) is 5.42. The molecule has 1 heterocycles. The van der Waals surface area contributed by atoms with Crippen LogP contribution in [0.15, 0.2) is 23.5 Å². The van der Waals surface area contributed by atoms with E-state index in [4.69, 9.17) is 9.47 Å². The van der Waals surface area contributed by atoms with Crippen LogP contribution in [-0.4, -0.2) is 24.0 Å². The van der Waals surface area contributed by atoms with Gasteiger partial charge in [0.2, 0.25) is 0 Å². The van der Waals surface area contributed by atoms with Gasteiger partial charge in [-0.25, -0.2) is 0 Å². The first-order valence-electron chi connectivity index (χ1n) is 5.42. The summed E-state index contributed by atoms with van der Waals surface area (Å²) < 4.78 is 11.0. The van der Waals surface area contributed by atoms with Gasteiger partial charge in [0.05, 0.1) is 5.41 Å². The lowest BCUT2D eigenvalue weighted by Crippen LogP contribution is -2.38. The highest BCUT2D eigenvalue weighted by Gasteiger charge is 2.65. The Morgan fingerprint density at radius 1 is 1.19 bits per heavy atom. The molecule has 2 atom stereocenters. The van der Waals surface area contributed by atoms with Crippen molar-refractivity contribution in [3.8, 4) is 0 Å². The Morgan fingerprint density at radius 3 is 2.94 bits per heavy atom. The van der Waals surface area contributed by atoms with E-state index in [0.717, 1.165) is 5.57 Å². The van der Waals surface area contributed by atoms with Crippen LogP contribution in [0.1, 0.15) is 19.3 Å². The standard InChI is InChI=1S/C12H10O4/c13-8-1-7-3-12-5-11(7,4-8)9(14)2-10(12)15-6-16-12/h1-2H,3-6H2/t11-,12+/m1/s1. The third-order valence-corrected chi connectivity index (χ3v) is 4.22. The lowest BCUT2D eigenvalue weighted by Gasteiger charge is -2.30. The molecule has 0 aromatic carbocycles. The Morgan fingerprint density at radius 2 is 2.06 bits per heavy atom. The van der Waals surface area contributed by atoms with E-state index in [9.17, 15) is 9.59 Å². The number of carbonyl (C=O) groups excluding carboxylic acids is 2. The zero-order valence-corrected chi connectivity index (χ0v) is 8.62. The molecule has 0 unspecified atom stereocenters. The summed E-state index contributed by atoms with van der Waals surface area (Å²) in [5, 5.41) is 0.